The molecule has 2 fully saturated rings. The van der Waals surface area contributed by atoms with E-state index >= 15 is 0 Å². The molecule has 1 aromatic rings. The summed E-state index contributed by atoms with van der Waals surface area (Å²) < 4.78 is 14.2. The number of carbonyl (C=O) groups excluding carboxylic acids is 2. The van der Waals surface area contributed by atoms with Crippen LogP contribution in [-0.4, -0.2) is 41.5 Å². The second kappa shape index (κ2) is 5.23. The third-order valence-electron chi connectivity index (χ3n) is 4.40. The fraction of sp³-hybridized carbons (Fsp3) is 0.438. The second-order valence-corrected chi connectivity index (χ2v) is 6.23. The van der Waals surface area contributed by atoms with Gasteiger partial charge in [0.1, 0.15) is 11.4 Å². The zero-order valence-electron chi connectivity index (χ0n) is 13.0. The van der Waals surface area contributed by atoms with Crippen LogP contribution in [0.1, 0.15) is 25.8 Å². The monoisotopic (exact) mass is 316 g/mol. The summed E-state index contributed by atoms with van der Waals surface area (Å²) in [7, 11) is 0. The van der Waals surface area contributed by atoms with Crippen LogP contribution in [0.25, 0.3) is 0 Å². The average Bonchev–Trinajstić information content (AvgIpc) is 3.01. The Morgan fingerprint density at radius 1 is 1.39 bits per heavy atom. The fourth-order valence-electron chi connectivity index (χ4n) is 3.24. The molecule has 1 N–H and O–H groups in total. The predicted octanol–water partition coefficient (Wildman–Crippen LogP) is 1.61. The molecule has 0 aromatic heterocycles. The molecule has 3 rings (SSSR count). The molecule has 2 saturated heterocycles. The topological polar surface area (TPSA) is 76.4 Å². The molecule has 1 aromatic carbocycles. The molecule has 1 unspecified atom stereocenters. The van der Waals surface area contributed by atoms with Gasteiger partial charge in [-0.1, -0.05) is 0 Å². The zero-order chi connectivity index (χ0) is 16.8. The number of nitrogens with zero attached hydrogens (tertiary/aromatic N) is 3. The Hall–Kier alpha value is -2.62. The quantitative estimate of drug-likeness (QED) is 0.841. The normalized spacial score (nSPS) is 23.8. The van der Waals surface area contributed by atoms with Crippen molar-refractivity contribution in [2.75, 3.05) is 18.0 Å². The minimum absolute atomic E-state index is 0.220. The Bertz CT molecular complexity index is 727. The Balaban J connectivity index is 1.86. The third-order valence-corrected chi connectivity index (χ3v) is 4.40. The van der Waals surface area contributed by atoms with Gasteiger partial charge in [0.25, 0.3) is 5.91 Å². The van der Waals surface area contributed by atoms with Crippen molar-refractivity contribution >= 4 is 17.6 Å². The highest BCUT2D eigenvalue weighted by atomic mass is 19.1. The van der Waals surface area contributed by atoms with E-state index < -0.39 is 17.4 Å². The SMILES string of the molecule is CC(C)N1C(=O)NC2(CCN(c3ccc(C#N)cc3F)C2)C1=O. The van der Waals surface area contributed by atoms with Gasteiger partial charge in [0.05, 0.1) is 23.9 Å². The number of amides is 3. The van der Waals surface area contributed by atoms with Crippen LogP contribution in [-0.2, 0) is 4.79 Å². The highest BCUT2D eigenvalue weighted by Crippen LogP contribution is 2.33. The van der Waals surface area contributed by atoms with Crippen LogP contribution in [0.3, 0.4) is 0 Å². The van der Waals surface area contributed by atoms with Crippen molar-refractivity contribution in [3.8, 4) is 6.07 Å². The molecule has 1 atom stereocenters. The highest BCUT2D eigenvalue weighted by Gasteiger charge is 2.55. The number of imide groups is 1. The van der Waals surface area contributed by atoms with Gasteiger partial charge in [0, 0.05) is 12.6 Å². The van der Waals surface area contributed by atoms with Crippen molar-refractivity contribution in [2.45, 2.75) is 31.8 Å². The molecule has 120 valence electrons. The molecule has 0 aliphatic carbocycles. The minimum atomic E-state index is -0.984. The van der Waals surface area contributed by atoms with Crippen LogP contribution >= 0.6 is 0 Å². The van der Waals surface area contributed by atoms with Crippen LogP contribution < -0.4 is 10.2 Å². The first-order valence-corrected chi connectivity index (χ1v) is 7.48. The van der Waals surface area contributed by atoms with Crippen LogP contribution in [0.2, 0.25) is 0 Å². The molecule has 2 heterocycles. The lowest BCUT2D eigenvalue weighted by Crippen LogP contribution is -2.49. The highest BCUT2D eigenvalue weighted by molar-refractivity contribution is 6.08. The summed E-state index contributed by atoms with van der Waals surface area (Å²) in [5.74, 6) is -0.757. The van der Waals surface area contributed by atoms with Crippen LogP contribution in [0.15, 0.2) is 18.2 Å². The molecule has 23 heavy (non-hydrogen) atoms. The molecule has 0 bridgehead atoms. The number of urea groups is 1. The number of rotatable bonds is 2. The zero-order valence-corrected chi connectivity index (χ0v) is 13.0. The predicted molar refractivity (Wildman–Crippen MR) is 81.2 cm³/mol. The van der Waals surface area contributed by atoms with E-state index in [9.17, 15) is 14.0 Å². The standard InChI is InChI=1S/C16H17FN4O2/c1-10(2)21-14(22)16(19-15(21)23)5-6-20(9-16)13-4-3-11(8-18)7-12(13)17/h3-4,7,10H,5-6,9H2,1-2H3,(H,19,23). The van der Waals surface area contributed by atoms with Crippen molar-refractivity contribution in [1.29, 1.82) is 5.26 Å². The van der Waals surface area contributed by atoms with Gasteiger partial charge in [-0.25, -0.2) is 9.18 Å². The van der Waals surface area contributed by atoms with Crippen molar-refractivity contribution in [3.63, 3.8) is 0 Å². The van der Waals surface area contributed by atoms with E-state index in [1.807, 2.05) is 6.07 Å². The Morgan fingerprint density at radius 3 is 2.70 bits per heavy atom. The van der Waals surface area contributed by atoms with E-state index in [0.717, 1.165) is 0 Å². The summed E-state index contributed by atoms with van der Waals surface area (Å²) in [6.45, 7) is 4.25. The Labute approximate surface area is 133 Å². The Morgan fingerprint density at radius 2 is 2.13 bits per heavy atom. The molecule has 2 aliphatic heterocycles. The lowest BCUT2D eigenvalue weighted by atomic mass is 9.98. The van der Waals surface area contributed by atoms with Gasteiger partial charge in [0.2, 0.25) is 0 Å². The third kappa shape index (κ3) is 2.31. The number of benzene rings is 1. The maximum Gasteiger partial charge on any atom is 0.325 e. The molecule has 0 radical (unpaired) electrons. The second-order valence-electron chi connectivity index (χ2n) is 6.23. The average molecular weight is 316 g/mol. The van der Waals surface area contributed by atoms with E-state index in [2.05, 4.69) is 5.32 Å². The fourth-order valence-corrected chi connectivity index (χ4v) is 3.24. The van der Waals surface area contributed by atoms with Crippen molar-refractivity contribution in [2.24, 2.45) is 0 Å². The van der Waals surface area contributed by atoms with Gasteiger partial charge in [-0.2, -0.15) is 5.26 Å². The number of nitriles is 1. The lowest BCUT2D eigenvalue weighted by Gasteiger charge is -2.24. The molecule has 6 nitrogen and oxygen atoms in total. The largest absolute Gasteiger partial charge is 0.366 e. The summed E-state index contributed by atoms with van der Waals surface area (Å²) in [5.41, 5.74) is -0.399. The number of nitrogens with one attached hydrogen (secondary N) is 1. The summed E-state index contributed by atoms with van der Waals surface area (Å²) in [5, 5.41) is 11.6. The molecule has 0 saturated carbocycles. The van der Waals surface area contributed by atoms with E-state index in [-0.39, 0.29) is 24.1 Å². The smallest absolute Gasteiger partial charge is 0.325 e. The van der Waals surface area contributed by atoms with Gasteiger partial charge >= 0.3 is 6.03 Å². The first-order chi connectivity index (χ1) is 10.9. The maximum absolute atomic E-state index is 14.2. The molecule has 3 amide bonds. The van der Waals surface area contributed by atoms with Crippen LogP contribution in [0.5, 0.6) is 0 Å². The maximum atomic E-state index is 14.2. The molecule has 7 heteroatoms. The van der Waals surface area contributed by atoms with Crippen LogP contribution in [0, 0.1) is 17.1 Å². The number of anilines is 1. The van der Waals surface area contributed by atoms with Gasteiger partial charge in [-0.05, 0) is 38.5 Å². The van der Waals surface area contributed by atoms with Crippen LogP contribution in [0.4, 0.5) is 14.9 Å². The van der Waals surface area contributed by atoms with Gasteiger partial charge in [-0.15, -0.1) is 0 Å². The van der Waals surface area contributed by atoms with Crippen molar-refractivity contribution < 1.29 is 14.0 Å². The van der Waals surface area contributed by atoms with E-state index in [0.29, 0.717) is 18.7 Å². The van der Waals surface area contributed by atoms with Crippen molar-refractivity contribution in [3.05, 3.63) is 29.6 Å². The number of carbonyl (C=O) groups is 2. The summed E-state index contributed by atoms with van der Waals surface area (Å²) in [4.78, 5) is 27.6. The van der Waals surface area contributed by atoms with E-state index in [1.54, 1.807) is 24.8 Å². The first kappa shape index (κ1) is 15.3. The molecule has 1 spiro atoms. The first-order valence-electron chi connectivity index (χ1n) is 7.48. The molecular formula is C16H17FN4O2. The van der Waals surface area contributed by atoms with Gasteiger partial charge in [-0.3, -0.25) is 9.69 Å². The Kier molecular flexibility index (Phi) is 3.48. The van der Waals surface area contributed by atoms with Crippen molar-refractivity contribution in [1.82, 2.24) is 10.2 Å². The van der Waals surface area contributed by atoms with E-state index in [4.69, 9.17) is 5.26 Å². The molecule has 2 aliphatic rings. The summed E-state index contributed by atoms with van der Waals surface area (Å²) >= 11 is 0. The minimum Gasteiger partial charge on any atom is -0.366 e. The van der Waals surface area contributed by atoms with Gasteiger partial charge < -0.3 is 10.2 Å². The summed E-state index contributed by atoms with van der Waals surface area (Å²) in [6.07, 6.45) is 0.431. The van der Waals surface area contributed by atoms with Gasteiger partial charge in [0.15, 0.2) is 0 Å². The lowest BCUT2D eigenvalue weighted by molar-refractivity contribution is -0.131. The number of halogens is 1. The summed E-state index contributed by atoms with van der Waals surface area (Å²) in [6, 6.07) is 5.53. The number of hydrogen-bond acceptors (Lipinski definition) is 4. The number of hydrogen-bond donors (Lipinski definition) is 1. The molecular weight excluding hydrogens is 299 g/mol. The van der Waals surface area contributed by atoms with E-state index in [1.165, 1.54) is 17.0 Å².